The average molecular weight is 292 g/mol. The zero-order valence-electron chi connectivity index (χ0n) is 11.3. The molecule has 2 rings (SSSR count). The zero-order chi connectivity index (χ0) is 15.4. The highest BCUT2D eigenvalue weighted by Gasteiger charge is 2.18. The van der Waals surface area contributed by atoms with Crippen molar-refractivity contribution < 1.29 is 18.3 Å². The number of benzene rings is 2. The van der Waals surface area contributed by atoms with Gasteiger partial charge < -0.3 is 15.8 Å². The van der Waals surface area contributed by atoms with Crippen molar-refractivity contribution in [3.8, 4) is 5.75 Å². The van der Waals surface area contributed by atoms with Crippen molar-refractivity contribution in [3.63, 3.8) is 0 Å². The van der Waals surface area contributed by atoms with E-state index in [0.717, 1.165) is 6.07 Å². The van der Waals surface area contributed by atoms with Gasteiger partial charge in [-0.3, -0.25) is 4.79 Å². The van der Waals surface area contributed by atoms with E-state index in [1.54, 1.807) is 24.3 Å². The molecule has 110 valence electrons. The molecule has 1 unspecified atom stereocenters. The molecule has 0 bridgehead atoms. The summed E-state index contributed by atoms with van der Waals surface area (Å²) >= 11 is 0. The zero-order valence-corrected chi connectivity index (χ0v) is 11.3. The molecule has 0 fully saturated rings. The van der Waals surface area contributed by atoms with Gasteiger partial charge >= 0.3 is 0 Å². The predicted octanol–water partition coefficient (Wildman–Crippen LogP) is 2.95. The van der Waals surface area contributed by atoms with E-state index in [-0.39, 0.29) is 5.75 Å². The fourth-order valence-electron chi connectivity index (χ4n) is 1.63. The van der Waals surface area contributed by atoms with Crippen LogP contribution in [0.3, 0.4) is 0 Å². The topological polar surface area (TPSA) is 64.3 Å². The summed E-state index contributed by atoms with van der Waals surface area (Å²) in [5.41, 5.74) is 6.64. The van der Waals surface area contributed by atoms with Gasteiger partial charge in [-0.05, 0) is 43.3 Å². The van der Waals surface area contributed by atoms with Crippen LogP contribution in [0.5, 0.6) is 5.75 Å². The summed E-state index contributed by atoms with van der Waals surface area (Å²) in [5.74, 6) is -2.94. The van der Waals surface area contributed by atoms with E-state index in [9.17, 15) is 13.6 Å². The second kappa shape index (κ2) is 6.21. The summed E-state index contributed by atoms with van der Waals surface area (Å²) in [7, 11) is 0. The summed E-state index contributed by atoms with van der Waals surface area (Å²) in [5, 5.41) is 2.59. The Bertz CT molecular complexity index is 645. The molecule has 3 N–H and O–H groups in total. The van der Waals surface area contributed by atoms with Crippen LogP contribution in [-0.4, -0.2) is 12.0 Å². The number of anilines is 2. The van der Waals surface area contributed by atoms with Crippen LogP contribution in [-0.2, 0) is 4.79 Å². The minimum absolute atomic E-state index is 0.310. The maximum absolute atomic E-state index is 13.5. The molecule has 0 saturated heterocycles. The third-order valence-corrected chi connectivity index (χ3v) is 2.77. The molecule has 21 heavy (non-hydrogen) atoms. The molecular weight excluding hydrogens is 278 g/mol. The Labute approximate surface area is 120 Å². The average Bonchev–Trinajstić information content (AvgIpc) is 2.46. The van der Waals surface area contributed by atoms with Crippen LogP contribution in [0.25, 0.3) is 0 Å². The third kappa shape index (κ3) is 3.68. The van der Waals surface area contributed by atoms with E-state index in [2.05, 4.69) is 5.32 Å². The molecular formula is C15H14F2N2O2. The largest absolute Gasteiger partial charge is 0.478 e. The smallest absolute Gasteiger partial charge is 0.265 e. The van der Waals surface area contributed by atoms with Gasteiger partial charge in [0.15, 0.2) is 17.7 Å². The molecule has 0 aromatic heterocycles. The SMILES string of the molecule is CC(Oc1cccc(F)c1F)C(=O)Nc1ccc(N)cc1. The number of hydrogen-bond acceptors (Lipinski definition) is 3. The third-order valence-electron chi connectivity index (χ3n) is 2.77. The molecule has 4 nitrogen and oxygen atoms in total. The highest BCUT2D eigenvalue weighted by Crippen LogP contribution is 2.20. The molecule has 0 aliphatic rings. The molecule has 2 aromatic rings. The van der Waals surface area contributed by atoms with Crippen LogP contribution in [0.2, 0.25) is 0 Å². The summed E-state index contributed by atoms with van der Waals surface area (Å²) in [6.07, 6.45) is -0.987. The van der Waals surface area contributed by atoms with Gasteiger partial charge in [-0.1, -0.05) is 6.07 Å². The summed E-state index contributed by atoms with van der Waals surface area (Å²) in [6, 6.07) is 10.1. The Kier molecular flexibility index (Phi) is 4.37. The summed E-state index contributed by atoms with van der Waals surface area (Å²) in [6.45, 7) is 1.44. The molecule has 0 saturated carbocycles. The highest BCUT2D eigenvalue weighted by molar-refractivity contribution is 5.94. The van der Waals surface area contributed by atoms with E-state index in [0.29, 0.717) is 11.4 Å². The lowest BCUT2D eigenvalue weighted by molar-refractivity contribution is -0.122. The van der Waals surface area contributed by atoms with E-state index in [1.807, 2.05) is 0 Å². The first-order chi connectivity index (χ1) is 9.97. The number of rotatable bonds is 4. The number of nitrogens with two attached hydrogens (primary N) is 1. The monoisotopic (exact) mass is 292 g/mol. The Hall–Kier alpha value is -2.63. The van der Waals surface area contributed by atoms with Crippen LogP contribution >= 0.6 is 0 Å². The Morgan fingerprint density at radius 3 is 2.52 bits per heavy atom. The Balaban J connectivity index is 2.02. The van der Waals surface area contributed by atoms with E-state index in [1.165, 1.54) is 19.1 Å². The van der Waals surface area contributed by atoms with Gasteiger partial charge in [0.25, 0.3) is 5.91 Å². The second-order valence-corrected chi connectivity index (χ2v) is 4.42. The fourth-order valence-corrected chi connectivity index (χ4v) is 1.63. The number of carbonyl (C=O) groups excluding carboxylic acids is 1. The predicted molar refractivity (Wildman–Crippen MR) is 75.9 cm³/mol. The summed E-state index contributed by atoms with van der Waals surface area (Å²) in [4.78, 5) is 11.9. The lowest BCUT2D eigenvalue weighted by atomic mass is 10.2. The van der Waals surface area contributed by atoms with Gasteiger partial charge in [-0.2, -0.15) is 4.39 Å². The van der Waals surface area contributed by atoms with Gasteiger partial charge in [0.1, 0.15) is 0 Å². The van der Waals surface area contributed by atoms with Gasteiger partial charge in [0.2, 0.25) is 5.82 Å². The molecule has 6 heteroatoms. The minimum atomic E-state index is -1.12. The Morgan fingerprint density at radius 2 is 1.86 bits per heavy atom. The molecule has 1 amide bonds. The fraction of sp³-hybridized carbons (Fsp3) is 0.133. The quantitative estimate of drug-likeness (QED) is 0.852. The van der Waals surface area contributed by atoms with Crippen molar-refractivity contribution >= 4 is 17.3 Å². The van der Waals surface area contributed by atoms with E-state index < -0.39 is 23.6 Å². The van der Waals surface area contributed by atoms with Crippen molar-refractivity contribution in [2.24, 2.45) is 0 Å². The van der Waals surface area contributed by atoms with E-state index >= 15 is 0 Å². The maximum atomic E-state index is 13.5. The standard InChI is InChI=1S/C15H14F2N2O2/c1-9(21-13-4-2-3-12(16)14(13)17)15(20)19-11-7-5-10(18)6-8-11/h2-9H,18H2,1H3,(H,19,20). The number of nitrogen functional groups attached to an aromatic ring is 1. The molecule has 1 atom stereocenters. The van der Waals surface area contributed by atoms with E-state index in [4.69, 9.17) is 10.5 Å². The van der Waals surface area contributed by atoms with Crippen LogP contribution < -0.4 is 15.8 Å². The van der Waals surface area contributed by atoms with Crippen molar-refractivity contribution in [2.45, 2.75) is 13.0 Å². The molecule has 2 aromatic carbocycles. The minimum Gasteiger partial charge on any atom is -0.478 e. The van der Waals surface area contributed by atoms with Gasteiger partial charge in [0, 0.05) is 11.4 Å². The van der Waals surface area contributed by atoms with Crippen LogP contribution in [0.15, 0.2) is 42.5 Å². The van der Waals surface area contributed by atoms with Crippen LogP contribution in [0, 0.1) is 11.6 Å². The first-order valence-corrected chi connectivity index (χ1v) is 6.24. The van der Waals surface area contributed by atoms with Crippen LogP contribution in [0.1, 0.15) is 6.92 Å². The number of carbonyl (C=O) groups is 1. The molecule has 0 aliphatic carbocycles. The van der Waals surface area contributed by atoms with Crippen molar-refractivity contribution in [3.05, 3.63) is 54.1 Å². The number of amides is 1. The Morgan fingerprint density at radius 1 is 1.19 bits per heavy atom. The van der Waals surface area contributed by atoms with Crippen LogP contribution in [0.4, 0.5) is 20.2 Å². The number of ether oxygens (including phenoxy) is 1. The lowest BCUT2D eigenvalue weighted by Gasteiger charge is -2.15. The number of nitrogens with one attached hydrogen (secondary N) is 1. The van der Waals surface area contributed by atoms with Crippen molar-refractivity contribution in [2.75, 3.05) is 11.1 Å². The number of halogens is 2. The second-order valence-electron chi connectivity index (χ2n) is 4.42. The van der Waals surface area contributed by atoms with Gasteiger partial charge in [-0.15, -0.1) is 0 Å². The number of hydrogen-bond donors (Lipinski definition) is 2. The normalized spacial score (nSPS) is 11.8. The molecule has 0 aliphatic heterocycles. The van der Waals surface area contributed by atoms with Crippen molar-refractivity contribution in [1.82, 2.24) is 0 Å². The summed E-state index contributed by atoms with van der Waals surface area (Å²) < 4.78 is 31.6. The molecule has 0 spiro atoms. The molecule has 0 radical (unpaired) electrons. The van der Waals surface area contributed by atoms with Gasteiger partial charge in [0.05, 0.1) is 0 Å². The molecule has 0 heterocycles. The highest BCUT2D eigenvalue weighted by atomic mass is 19.2. The van der Waals surface area contributed by atoms with Gasteiger partial charge in [-0.25, -0.2) is 4.39 Å². The lowest BCUT2D eigenvalue weighted by Crippen LogP contribution is -2.30. The maximum Gasteiger partial charge on any atom is 0.265 e. The first kappa shape index (κ1) is 14.8. The first-order valence-electron chi connectivity index (χ1n) is 6.24. The van der Waals surface area contributed by atoms with Crippen molar-refractivity contribution in [1.29, 1.82) is 0 Å².